The van der Waals surface area contributed by atoms with Crippen molar-refractivity contribution >= 4 is 23.7 Å². The number of rotatable bonds is 11. The Morgan fingerprint density at radius 3 is 1.32 bits per heavy atom. The van der Waals surface area contributed by atoms with Crippen molar-refractivity contribution in [3.8, 4) is 33.6 Å². The topological polar surface area (TPSA) is 202 Å². The van der Waals surface area contributed by atoms with Gasteiger partial charge in [-0.2, -0.15) is 0 Å². The number of imidazole rings is 2. The Hall–Kier alpha value is -6.44. The average Bonchev–Trinajstić information content (AvgIpc) is 3.81. The summed E-state index contributed by atoms with van der Waals surface area (Å²) in [5.41, 5.74) is 19.2. The third-order valence-electron chi connectivity index (χ3n) is 13.2. The quantitative estimate of drug-likeness (QED) is 0.105. The molecule has 14 heteroatoms. The van der Waals surface area contributed by atoms with Crippen molar-refractivity contribution in [1.82, 2.24) is 49.7 Å². The summed E-state index contributed by atoms with van der Waals surface area (Å²) >= 11 is 0. The third kappa shape index (κ3) is 6.77. The second-order valence-corrected chi connectivity index (χ2v) is 17.8. The van der Waals surface area contributed by atoms with Crippen LogP contribution in [0, 0.1) is 23.7 Å². The molecule has 306 valence electrons. The fourth-order valence-electron chi connectivity index (χ4n) is 9.98. The molecule has 0 unspecified atom stereocenters. The number of nitrogens with zero attached hydrogens (tertiary/aromatic N) is 8. The highest BCUT2D eigenvalue weighted by Gasteiger charge is 2.57. The van der Waals surface area contributed by atoms with Gasteiger partial charge in [0.25, 0.3) is 0 Å². The first-order valence-electron chi connectivity index (χ1n) is 21.1. The highest BCUT2D eigenvalue weighted by atomic mass is 16.2. The number of benzene rings is 2. The molecule has 2 saturated carbocycles. The van der Waals surface area contributed by atoms with Crippen LogP contribution in [0.4, 0.5) is 11.9 Å². The molecule has 14 nitrogen and oxygen atoms in total. The molecule has 10 rings (SSSR count). The fraction of sp³-hybridized carbons (Fsp3) is 0.391. The van der Waals surface area contributed by atoms with Crippen molar-refractivity contribution in [2.45, 2.75) is 89.4 Å². The van der Waals surface area contributed by atoms with E-state index in [2.05, 4.69) is 116 Å². The summed E-state index contributed by atoms with van der Waals surface area (Å²) < 4.78 is 0. The van der Waals surface area contributed by atoms with Crippen LogP contribution in [0.25, 0.3) is 33.6 Å². The minimum Gasteiger partial charge on any atom is -0.368 e. The maximum Gasteiger partial charge on any atom is 0.232 e. The van der Waals surface area contributed by atoms with Crippen LogP contribution in [-0.4, -0.2) is 73.6 Å². The summed E-state index contributed by atoms with van der Waals surface area (Å²) in [4.78, 5) is 66.3. The SMILES string of the molecule is CC(C)[C@H](C(=O)N1[C@@H]2C[C@@H]2C[C@H]1c1ncc(-c2ccc(-c3ccc(-c4cnc([C@@H]5C[C@H]6C[C@H]6N5C(=O)[C@H](c5ccnc(N)n5)C(C)C)[nH]4)cc3)cc2)[nH]1)c1ccnc(N)n1. The van der Waals surface area contributed by atoms with Crippen molar-refractivity contribution < 1.29 is 9.59 Å². The number of nitrogen functional groups attached to an aromatic ring is 2. The second-order valence-electron chi connectivity index (χ2n) is 17.8. The molecule has 4 aromatic heterocycles. The van der Waals surface area contributed by atoms with Gasteiger partial charge < -0.3 is 31.2 Å². The van der Waals surface area contributed by atoms with E-state index in [1.165, 1.54) is 0 Å². The Morgan fingerprint density at radius 2 is 0.950 bits per heavy atom. The highest BCUT2D eigenvalue weighted by Crippen LogP contribution is 2.55. The van der Waals surface area contributed by atoms with Crippen molar-refractivity contribution in [3.63, 3.8) is 0 Å². The van der Waals surface area contributed by atoms with Crippen LogP contribution >= 0.6 is 0 Å². The molecular formula is C46H50N12O2. The molecule has 2 aliphatic heterocycles. The van der Waals surface area contributed by atoms with E-state index in [9.17, 15) is 9.59 Å². The maximum absolute atomic E-state index is 14.2. The zero-order chi connectivity index (χ0) is 41.4. The molecule has 0 bridgehead atoms. The fourth-order valence-corrected chi connectivity index (χ4v) is 9.98. The van der Waals surface area contributed by atoms with E-state index in [-0.39, 0.29) is 59.7 Å². The first-order valence-corrected chi connectivity index (χ1v) is 21.1. The van der Waals surface area contributed by atoms with Crippen molar-refractivity contribution in [2.75, 3.05) is 11.5 Å². The molecule has 2 aromatic carbocycles. The van der Waals surface area contributed by atoms with E-state index >= 15 is 0 Å². The van der Waals surface area contributed by atoms with Gasteiger partial charge in [0.2, 0.25) is 23.7 Å². The predicted octanol–water partition coefficient (Wildman–Crippen LogP) is 7.08. The Labute approximate surface area is 348 Å². The Morgan fingerprint density at radius 1 is 0.567 bits per heavy atom. The third-order valence-corrected chi connectivity index (χ3v) is 13.2. The minimum atomic E-state index is -0.406. The molecular weight excluding hydrogens is 753 g/mol. The Bertz CT molecular complexity index is 2390. The van der Waals surface area contributed by atoms with E-state index in [1.54, 1.807) is 24.5 Å². The van der Waals surface area contributed by atoms with E-state index in [1.807, 2.05) is 12.4 Å². The van der Waals surface area contributed by atoms with Gasteiger partial charge in [-0.1, -0.05) is 76.2 Å². The largest absolute Gasteiger partial charge is 0.368 e. The molecule has 4 aliphatic rings. The number of likely N-dealkylation sites (tertiary alicyclic amines) is 2. The molecule has 0 spiro atoms. The number of nitrogens with two attached hydrogens (primary N) is 2. The van der Waals surface area contributed by atoms with Crippen molar-refractivity contribution in [2.24, 2.45) is 23.7 Å². The minimum absolute atomic E-state index is 0.0453. The lowest BCUT2D eigenvalue weighted by atomic mass is 9.90. The number of carbonyl (C=O) groups excluding carboxylic acids is 2. The first-order chi connectivity index (χ1) is 29.0. The number of hydrogen-bond acceptors (Lipinski definition) is 10. The zero-order valence-electron chi connectivity index (χ0n) is 34.2. The Kier molecular flexibility index (Phi) is 9.25. The number of piperidine rings is 2. The Balaban J connectivity index is 0.820. The van der Waals surface area contributed by atoms with Gasteiger partial charge >= 0.3 is 0 Å². The summed E-state index contributed by atoms with van der Waals surface area (Å²) in [5, 5.41) is 0. The van der Waals surface area contributed by atoms with Crippen LogP contribution < -0.4 is 11.5 Å². The van der Waals surface area contributed by atoms with Crippen LogP contribution in [0.2, 0.25) is 0 Å². The molecule has 6 aromatic rings. The number of carbonyl (C=O) groups is 2. The normalized spacial score (nSPS) is 23.8. The van der Waals surface area contributed by atoms with Crippen LogP contribution in [0.1, 0.15) is 100 Å². The molecule has 8 atom stereocenters. The highest BCUT2D eigenvalue weighted by molar-refractivity contribution is 5.86. The summed E-state index contributed by atoms with van der Waals surface area (Å²) in [7, 11) is 0. The van der Waals surface area contributed by atoms with Gasteiger partial charge in [-0.15, -0.1) is 0 Å². The number of H-pyrrole nitrogens is 2. The van der Waals surface area contributed by atoms with Gasteiger partial charge in [-0.3, -0.25) is 9.59 Å². The summed E-state index contributed by atoms with van der Waals surface area (Å²) in [5.74, 6) is 2.40. The van der Waals surface area contributed by atoms with Crippen molar-refractivity contribution in [1.29, 1.82) is 0 Å². The van der Waals surface area contributed by atoms with E-state index in [0.717, 1.165) is 71.0 Å². The smallest absolute Gasteiger partial charge is 0.232 e. The predicted molar refractivity (Wildman–Crippen MR) is 227 cm³/mol. The molecule has 2 amide bonds. The molecule has 60 heavy (non-hydrogen) atoms. The number of nitrogens with one attached hydrogen (secondary N) is 2. The number of fused-ring (bicyclic) bond motifs is 2. The number of anilines is 2. The van der Waals surface area contributed by atoms with Gasteiger partial charge in [0.05, 0.1) is 59.1 Å². The lowest BCUT2D eigenvalue weighted by Crippen LogP contribution is -2.39. The molecule has 4 fully saturated rings. The van der Waals surface area contributed by atoms with E-state index < -0.39 is 11.8 Å². The molecule has 6 N–H and O–H groups in total. The summed E-state index contributed by atoms with van der Waals surface area (Å²) in [6, 6.07) is 20.7. The standard InChI is InChI=1S/C46H50N12O2/c1-23(2)39(31-13-15-49-45(47)55-31)43(59)57-35-17-29(35)19-37(57)41-51-21-33(53-41)27-9-5-25(6-10-27)26-7-11-28(12-8-26)34-22-52-42(54-34)38-20-30-18-36(30)58(38)44(60)40(24(3)4)32-14-16-50-46(48)56-32/h5-16,21-24,29-30,35-40H,17-20H2,1-4H3,(H,51,53)(H,52,54)(H2,47,49,55)(H2,48,50,56)/t29-,30-,35-,36-,37+,38+,39+,40+/m1/s1. The van der Waals surface area contributed by atoms with Gasteiger partial charge in [0.1, 0.15) is 11.6 Å². The molecule has 6 heterocycles. The summed E-state index contributed by atoms with van der Waals surface area (Å²) in [6.07, 6.45) is 10.8. The van der Waals surface area contributed by atoms with Crippen LogP contribution in [-0.2, 0) is 9.59 Å². The maximum atomic E-state index is 14.2. The van der Waals surface area contributed by atoms with E-state index in [0.29, 0.717) is 23.2 Å². The lowest BCUT2D eigenvalue weighted by molar-refractivity contribution is -0.137. The van der Waals surface area contributed by atoms with Gasteiger partial charge in [-0.25, -0.2) is 29.9 Å². The molecule has 2 aliphatic carbocycles. The van der Waals surface area contributed by atoms with Crippen LogP contribution in [0.15, 0.2) is 85.5 Å². The monoisotopic (exact) mass is 802 g/mol. The summed E-state index contributed by atoms with van der Waals surface area (Å²) in [6.45, 7) is 8.20. The van der Waals surface area contributed by atoms with Crippen LogP contribution in [0.3, 0.4) is 0 Å². The second kappa shape index (κ2) is 14.7. The lowest BCUT2D eigenvalue weighted by Gasteiger charge is -2.31. The first kappa shape index (κ1) is 37.8. The van der Waals surface area contributed by atoms with Crippen molar-refractivity contribution in [3.05, 3.63) is 108 Å². The number of aromatic nitrogens is 8. The van der Waals surface area contributed by atoms with E-state index in [4.69, 9.17) is 21.4 Å². The number of amides is 2. The molecule has 2 saturated heterocycles. The van der Waals surface area contributed by atoms with Gasteiger partial charge in [-0.05, 0) is 83.7 Å². The van der Waals surface area contributed by atoms with Gasteiger partial charge in [0, 0.05) is 24.5 Å². The van der Waals surface area contributed by atoms with Crippen LogP contribution in [0.5, 0.6) is 0 Å². The number of aromatic amines is 2. The zero-order valence-corrected chi connectivity index (χ0v) is 34.2. The molecule has 0 radical (unpaired) electrons. The number of hydrogen-bond donors (Lipinski definition) is 4. The van der Waals surface area contributed by atoms with Gasteiger partial charge in [0.15, 0.2) is 0 Å². The average molecular weight is 803 g/mol.